The number of anilines is 1. The van der Waals surface area contributed by atoms with Gasteiger partial charge < -0.3 is 14.2 Å². The smallest absolute Gasteiger partial charge is 0.412 e. The molecular weight excluding hydrogens is 367 g/mol. The molecule has 1 aromatic carbocycles. The largest absolute Gasteiger partial charge is 0.491 e. The zero-order valence-corrected chi connectivity index (χ0v) is 16.2. The van der Waals surface area contributed by atoms with E-state index >= 15 is 0 Å². The van der Waals surface area contributed by atoms with Crippen molar-refractivity contribution in [3.8, 4) is 5.75 Å². The summed E-state index contributed by atoms with van der Waals surface area (Å²) in [7, 11) is 0. The maximum absolute atomic E-state index is 11.9. The molecule has 8 heteroatoms. The standard InChI is InChI=1S/C17H24Cl2N2O4/c1-17(2,3)25-16(22)20-12-10-13(18)15(19)14(11-12)24-9-6-21-4-7-23-8-5-21/h10-11H,4-9H2,1-3H3,(H,20,22). The van der Waals surface area contributed by atoms with Gasteiger partial charge >= 0.3 is 6.09 Å². The first-order chi connectivity index (χ1) is 11.7. The number of rotatable bonds is 5. The van der Waals surface area contributed by atoms with Crippen molar-refractivity contribution in [1.82, 2.24) is 4.90 Å². The maximum Gasteiger partial charge on any atom is 0.412 e. The van der Waals surface area contributed by atoms with E-state index in [1.165, 1.54) is 0 Å². The molecule has 0 saturated carbocycles. The Labute approximate surface area is 158 Å². The lowest BCUT2D eigenvalue weighted by atomic mass is 10.2. The third-order valence-corrected chi connectivity index (χ3v) is 4.19. The molecule has 25 heavy (non-hydrogen) atoms. The molecule has 1 fully saturated rings. The summed E-state index contributed by atoms with van der Waals surface area (Å²) in [5, 5.41) is 3.26. The van der Waals surface area contributed by atoms with Gasteiger partial charge in [0.2, 0.25) is 0 Å². The molecule has 1 N–H and O–H groups in total. The maximum atomic E-state index is 11.9. The van der Waals surface area contributed by atoms with Crippen LogP contribution in [0.2, 0.25) is 10.0 Å². The van der Waals surface area contributed by atoms with Crippen molar-refractivity contribution in [3.63, 3.8) is 0 Å². The third kappa shape index (κ3) is 6.90. The first-order valence-corrected chi connectivity index (χ1v) is 8.92. The average Bonchev–Trinajstić information content (AvgIpc) is 2.51. The van der Waals surface area contributed by atoms with E-state index in [-0.39, 0.29) is 0 Å². The van der Waals surface area contributed by atoms with Gasteiger partial charge in [-0.2, -0.15) is 0 Å². The summed E-state index contributed by atoms with van der Waals surface area (Å²) in [6.07, 6.45) is -0.565. The van der Waals surface area contributed by atoms with Crippen LogP contribution in [0, 0.1) is 0 Å². The van der Waals surface area contributed by atoms with Crippen molar-refractivity contribution in [2.75, 3.05) is 44.8 Å². The highest BCUT2D eigenvalue weighted by atomic mass is 35.5. The highest BCUT2D eigenvalue weighted by Gasteiger charge is 2.18. The molecule has 0 bridgehead atoms. The molecule has 0 spiro atoms. The fourth-order valence-corrected chi connectivity index (χ4v) is 2.65. The number of nitrogens with one attached hydrogen (secondary N) is 1. The second kappa shape index (κ2) is 8.94. The van der Waals surface area contributed by atoms with Crippen molar-refractivity contribution >= 4 is 35.0 Å². The minimum absolute atomic E-state index is 0.302. The van der Waals surface area contributed by atoms with Gasteiger partial charge in [-0.3, -0.25) is 10.2 Å². The van der Waals surface area contributed by atoms with Crippen LogP contribution in [0.25, 0.3) is 0 Å². The molecule has 1 aromatic rings. The van der Waals surface area contributed by atoms with Crippen LogP contribution >= 0.6 is 23.2 Å². The first-order valence-electron chi connectivity index (χ1n) is 8.16. The Hall–Kier alpha value is -1.21. The number of amides is 1. The number of hydrogen-bond donors (Lipinski definition) is 1. The predicted octanol–water partition coefficient (Wildman–Crippen LogP) is 4.05. The quantitative estimate of drug-likeness (QED) is 0.821. The van der Waals surface area contributed by atoms with Gasteiger partial charge in [0.25, 0.3) is 0 Å². The van der Waals surface area contributed by atoms with E-state index in [4.69, 9.17) is 37.4 Å². The van der Waals surface area contributed by atoms with Crippen LogP contribution in [0.1, 0.15) is 20.8 Å². The molecule has 1 aliphatic heterocycles. The van der Waals surface area contributed by atoms with Crippen molar-refractivity contribution < 1.29 is 19.0 Å². The number of hydrogen-bond acceptors (Lipinski definition) is 5. The Morgan fingerprint density at radius 3 is 2.60 bits per heavy atom. The molecule has 2 rings (SSSR count). The van der Waals surface area contributed by atoms with Crippen molar-refractivity contribution in [2.45, 2.75) is 26.4 Å². The minimum atomic E-state index is -0.586. The van der Waals surface area contributed by atoms with Crippen LogP contribution in [0.3, 0.4) is 0 Å². The van der Waals surface area contributed by atoms with Gasteiger partial charge in [0.1, 0.15) is 23.0 Å². The van der Waals surface area contributed by atoms with Crippen molar-refractivity contribution in [1.29, 1.82) is 0 Å². The Balaban J connectivity index is 1.95. The van der Waals surface area contributed by atoms with Gasteiger partial charge in [-0.15, -0.1) is 0 Å². The number of carbonyl (C=O) groups is 1. The molecular formula is C17H24Cl2N2O4. The summed E-state index contributed by atoms with van der Waals surface area (Å²) >= 11 is 12.3. The molecule has 0 aromatic heterocycles. The molecule has 0 unspecified atom stereocenters. The van der Waals surface area contributed by atoms with Gasteiger partial charge in [-0.25, -0.2) is 4.79 Å². The summed E-state index contributed by atoms with van der Waals surface area (Å²) in [6.45, 7) is 9.86. The first kappa shape index (κ1) is 20.1. The molecule has 1 aliphatic rings. The van der Waals surface area contributed by atoms with Gasteiger partial charge in [0.15, 0.2) is 0 Å². The average molecular weight is 391 g/mol. The lowest BCUT2D eigenvalue weighted by Gasteiger charge is -2.26. The number of halogens is 2. The second-order valence-electron chi connectivity index (χ2n) is 6.70. The molecule has 0 aliphatic carbocycles. The highest BCUT2D eigenvalue weighted by Crippen LogP contribution is 2.35. The lowest BCUT2D eigenvalue weighted by molar-refractivity contribution is 0.0322. The van der Waals surface area contributed by atoms with E-state index in [0.717, 1.165) is 32.8 Å². The van der Waals surface area contributed by atoms with Crippen molar-refractivity contribution in [2.24, 2.45) is 0 Å². The van der Waals surface area contributed by atoms with E-state index < -0.39 is 11.7 Å². The van der Waals surface area contributed by atoms with Crippen molar-refractivity contribution in [3.05, 3.63) is 22.2 Å². The fraction of sp³-hybridized carbons (Fsp3) is 0.588. The van der Waals surface area contributed by atoms with E-state index in [9.17, 15) is 4.79 Å². The molecule has 1 amide bonds. The minimum Gasteiger partial charge on any atom is -0.491 e. The zero-order valence-electron chi connectivity index (χ0n) is 14.7. The summed E-state index contributed by atoms with van der Waals surface area (Å²) in [6, 6.07) is 3.19. The molecule has 1 saturated heterocycles. The highest BCUT2D eigenvalue weighted by molar-refractivity contribution is 6.43. The van der Waals surface area contributed by atoms with Gasteiger partial charge in [-0.05, 0) is 26.8 Å². The van der Waals surface area contributed by atoms with Gasteiger partial charge in [-0.1, -0.05) is 23.2 Å². The van der Waals surface area contributed by atoms with Crippen LogP contribution in [0.5, 0.6) is 5.75 Å². The van der Waals surface area contributed by atoms with E-state index in [2.05, 4.69) is 10.2 Å². The normalized spacial score (nSPS) is 15.7. The van der Waals surface area contributed by atoms with E-state index in [1.54, 1.807) is 32.9 Å². The molecule has 140 valence electrons. The number of ether oxygens (including phenoxy) is 3. The van der Waals surface area contributed by atoms with Crippen LogP contribution in [0.4, 0.5) is 10.5 Å². The van der Waals surface area contributed by atoms with Crippen LogP contribution < -0.4 is 10.1 Å². The Morgan fingerprint density at radius 1 is 1.28 bits per heavy atom. The summed E-state index contributed by atoms with van der Waals surface area (Å²) in [4.78, 5) is 14.1. The van der Waals surface area contributed by atoms with Crippen LogP contribution in [-0.4, -0.2) is 56.0 Å². The molecule has 1 heterocycles. The van der Waals surface area contributed by atoms with Crippen LogP contribution in [-0.2, 0) is 9.47 Å². The monoisotopic (exact) mass is 390 g/mol. The van der Waals surface area contributed by atoms with E-state index in [0.29, 0.717) is 28.1 Å². The Morgan fingerprint density at radius 2 is 1.96 bits per heavy atom. The second-order valence-corrected chi connectivity index (χ2v) is 7.48. The SMILES string of the molecule is CC(C)(C)OC(=O)Nc1cc(Cl)c(Cl)c(OCCN2CCOCC2)c1. The number of carbonyl (C=O) groups excluding carboxylic acids is 1. The van der Waals surface area contributed by atoms with Gasteiger partial charge in [0, 0.05) is 31.4 Å². The Kier molecular flexibility index (Phi) is 7.19. The Bertz CT molecular complexity index is 599. The van der Waals surface area contributed by atoms with Gasteiger partial charge in [0.05, 0.1) is 18.2 Å². The van der Waals surface area contributed by atoms with E-state index in [1.807, 2.05) is 0 Å². The molecule has 6 nitrogen and oxygen atoms in total. The summed E-state index contributed by atoms with van der Waals surface area (Å²) in [5.74, 6) is 0.425. The lowest BCUT2D eigenvalue weighted by Crippen LogP contribution is -2.38. The van der Waals surface area contributed by atoms with Crippen LogP contribution in [0.15, 0.2) is 12.1 Å². The third-order valence-electron chi connectivity index (χ3n) is 3.41. The fourth-order valence-electron chi connectivity index (χ4n) is 2.27. The topological polar surface area (TPSA) is 60.0 Å². The number of nitrogens with zero attached hydrogens (tertiary/aromatic N) is 1. The summed E-state index contributed by atoms with van der Waals surface area (Å²) < 4.78 is 16.3. The molecule has 0 atom stereocenters. The zero-order chi connectivity index (χ0) is 18.4. The predicted molar refractivity (Wildman–Crippen MR) is 99.1 cm³/mol. The number of benzene rings is 1. The number of morpholine rings is 1. The summed E-state index contributed by atoms with van der Waals surface area (Å²) in [5.41, 5.74) is -0.123. The molecule has 0 radical (unpaired) electrons.